The summed E-state index contributed by atoms with van der Waals surface area (Å²) in [6.45, 7) is 2.42. The van der Waals surface area contributed by atoms with Crippen LogP contribution in [-0.4, -0.2) is 27.6 Å². The lowest BCUT2D eigenvalue weighted by molar-refractivity contribution is 0.0785. The Morgan fingerprint density at radius 3 is 2.40 bits per heavy atom. The van der Waals surface area contributed by atoms with Gasteiger partial charge < -0.3 is 15.0 Å². The fourth-order valence-corrected chi connectivity index (χ4v) is 4.15. The van der Waals surface area contributed by atoms with Gasteiger partial charge in [-0.3, -0.25) is 9.59 Å². The second-order valence-corrected chi connectivity index (χ2v) is 9.34. The number of hydrogen-bond donors (Lipinski definition) is 1. The first-order valence-electron chi connectivity index (χ1n) is 12.7. The predicted molar refractivity (Wildman–Crippen MR) is 153 cm³/mol. The first-order valence-corrected chi connectivity index (χ1v) is 12.7. The van der Waals surface area contributed by atoms with E-state index in [0.717, 1.165) is 15.8 Å². The molecule has 0 aliphatic rings. The van der Waals surface area contributed by atoms with E-state index in [1.807, 2.05) is 49.4 Å². The third-order valence-electron chi connectivity index (χ3n) is 6.25. The van der Waals surface area contributed by atoms with Crippen molar-refractivity contribution in [2.24, 2.45) is 0 Å². The molecule has 7 nitrogen and oxygen atoms in total. The molecule has 8 heteroatoms. The van der Waals surface area contributed by atoms with Gasteiger partial charge in [-0.1, -0.05) is 54.1 Å². The molecule has 0 unspecified atom stereocenters. The second kappa shape index (κ2) is 11.7. The molecule has 0 atom stereocenters. The summed E-state index contributed by atoms with van der Waals surface area (Å²) < 4.78 is 20.7. The van der Waals surface area contributed by atoms with Gasteiger partial charge in [0.1, 0.15) is 11.6 Å². The molecular weight excluding hydrogens is 507 g/mol. The van der Waals surface area contributed by atoms with Gasteiger partial charge in [0.25, 0.3) is 11.5 Å². The number of ether oxygens (including phenoxy) is 1. The summed E-state index contributed by atoms with van der Waals surface area (Å²) in [5.41, 5.74) is 3.05. The molecule has 0 bridgehead atoms. The molecule has 0 aliphatic heterocycles. The highest BCUT2D eigenvalue weighted by Gasteiger charge is 2.17. The molecule has 0 spiro atoms. The smallest absolute Gasteiger partial charge is 0.299 e. The van der Waals surface area contributed by atoms with Crippen molar-refractivity contribution in [3.05, 3.63) is 142 Å². The number of benzene rings is 4. The van der Waals surface area contributed by atoms with Crippen molar-refractivity contribution in [2.45, 2.75) is 13.5 Å². The number of rotatable bonds is 8. The van der Waals surface area contributed by atoms with Crippen LogP contribution in [0.25, 0.3) is 5.69 Å². The number of amides is 1. The monoisotopic (exact) mass is 534 g/mol. The Kier molecular flexibility index (Phi) is 7.68. The van der Waals surface area contributed by atoms with Gasteiger partial charge in [-0.05, 0) is 67.1 Å². The van der Waals surface area contributed by atoms with Crippen LogP contribution in [0.1, 0.15) is 21.5 Å². The number of aromatic nitrogens is 2. The van der Waals surface area contributed by atoms with Crippen LogP contribution in [0.15, 0.2) is 114 Å². The maximum atomic E-state index is 13.6. The Labute approximate surface area is 231 Å². The van der Waals surface area contributed by atoms with Gasteiger partial charge in [-0.25, -0.2) is 4.39 Å². The fourth-order valence-electron chi connectivity index (χ4n) is 4.15. The lowest BCUT2D eigenvalue weighted by Gasteiger charge is -2.18. The molecule has 5 aromatic rings. The van der Waals surface area contributed by atoms with Crippen molar-refractivity contribution >= 4 is 17.3 Å². The Morgan fingerprint density at radius 1 is 0.950 bits per heavy atom. The highest BCUT2D eigenvalue weighted by Crippen LogP contribution is 2.29. The normalized spacial score (nSPS) is 10.7. The largest absolute Gasteiger partial charge is 0.453 e. The zero-order valence-electron chi connectivity index (χ0n) is 22.0. The van der Waals surface area contributed by atoms with Crippen molar-refractivity contribution in [3.63, 3.8) is 0 Å². The van der Waals surface area contributed by atoms with E-state index in [9.17, 15) is 14.0 Å². The van der Waals surface area contributed by atoms with Crippen molar-refractivity contribution in [3.8, 4) is 17.2 Å². The SMILES string of the molecule is Cc1ccc(Oc2cnn(-c3ccc(F)cc3)c(=O)c2Nc2cccc(C(=O)N(C)Cc3ccccc3)c2)cc1. The van der Waals surface area contributed by atoms with Crippen LogP contribution < -0.4 is 15.6 Å². The maximum Gasteiger partial charge on any atom is 0.299 e. The van der Waals surface area contributed by atoms with Gasteiger partial charge in [0.2, 0.25) is 0 Å². The summed E-state index contributed by atoms with van der Waals surface area (Å²) in [7, 11) is 1.74. The van der Waals surface area contributed by atoms with E-state index >= 15 is 0 Å². The molecule has 0 fully saturated rings. The van der Waals surface area contributed by atoms with Crippen molar-refractivity contribution in [1.29, 1.82) is 0 Å². The van der Waals surface area contributed by atoms with E-state index in [1.54, 1.807) is 48.3 Å². The van der Waals surface area contributed by atoms with E-state index < -0.39 is 11.4 Å². The minimum absolute atomic E-state index is 0.113. The molecular formula is C32H27FN4O3. The Hall–Kier alpha value is -5.24. The number of carbonyl (C=O) groups excluding carboxylic acids is 1. The molecule has 0 saturated heterocycles. The van der Waals surface area contributed by atoms with E-state index in [0.29, 0.717) is 29.2 Å². The molecule has 5 rings (SSSR count). The molecule has 40 heavy (non-hydrogen) atoms. The molecule has 0 radical (unpaired) electrons. The van der Waals surface area contributed by atoms with Crippen molar-refractivity contribution in [1.82, 2.24) is 14.7 Å². The van der Waals surface area contributed by atoms with Crippen molar-refractivity contribution < 1.29 is 13.9 Å². The number of halogens is 1. The zero-order chi connectivity index (χ0) is 28.1. The van der Waals surface area contributed by atoms with Crippen molar-refractivity contribution in [2.75, 3.05) is 12.4 Å². The van der Waals surface area contributed by atoms with Crippen LogP contribution in [0.3, 0.4) is 0 Å². The number of hydrogen-bond acceptors (Lipinski definition) is 5. The summed E-state index contributed by atoms with van der Waals surface area (Å²) >= 11 is 0. The van der Waals surface area contributed by atoms with Gasteiger partial charge in [-0.2, -0.15) is 9.78 Å². The van der Waals surface area contributed by atoms with E-state index in [4.69, 9.17) is 4.74 Å². The van der Waals surface area contributed by atoms with Crippen LogP contribution >= 0.6 is 0 Å². The summed E-state index contributed by atoms with van der Waals surface area (Å²) in [4.78, 5) is 28.5. The average molecular weight is 535 g/mol. The highest BCUT2D eigenvalue weighted by molar-refractivity contribution is 5.95. The van der Waals surface area contributed by atoms with Gasteiger partial charge >= 0.3 is 0 Å². The topological polar surface area (TPSA) is 76.5 Å². The minimum Gasteiger partial charge on any atom is -0.453 e. The van der Waals surface area contributed by atoms with Gasteiger partial charge in [0.05, 0.1) is 11.9 Å². The lowest BCUT2D eigenvalue weighted by Crippen LogP contribution is -2.26. The summed E-state index contributed by atoms with van der Waals surface area (Å²) in [5, 5.41) is 7.39. The van der Waals surface area contributed by atoms with Gasteiger partial charge in [0, 0.05) is 24.8 Å². The van der Waals surface area contributed by atoms with E-state index in [1.165, 1.54) is 30.5 Å². The third-order valence-corrected chi connectivity index (χ3v) is 6.25. The number of anilines is 2. The maximum absolute atomic E-state index is 13.6. The Morgan fingerprint density at radius 2 is 1.68 bits per heavy atom. The number of carbonyl (C=O) groups is 1. The van der Waals surface area contributed by atoms with Crippen LogP contribution in [0, 0.1) is 12.7 Å². The molecule has 1 heterocycles. The molecule has 4 aromatic carbocycles. The average Bonchev–Trinajstić information content (AvgIpc) is 2.97. The van der Waals surface area contributed by atoms with Crippen LogP contribution in [0.4, 0.5) is 15.8 Å². The summed E-state index contributed by atoms with van der Waals surface area (Å²) in [6, 6.07) is 29.5. The quantitative estimate of drug-likeness (QED) is 0.246. The first-order chi connectivity index (χ1) is 19.4. The summed E-state index contributed by atoms with van der Waals surface area (Å²) in [6.07, 6.45) is 1.43. The van der Waals surface area contributed by atoms with E-state index in [2.05, 4.69) is 10.4 Å². The Balaban J connectivity index is 1.48. The highest BCUT2D eigenvalue weighted by atomic mass is 19.1. The lowest BCUT2D eigenvalue weighted by atomic mass is 10.1. The standard InChI is InChI=1S/C32H27FN4O3/c1-22-11-17-28(18-12-22)40-29-20-34-37(27-15-13-25(33)14-16-27)32(39)30(29)35-26-10-6-9-24(19-26)31(38)36(2)21-23-7-4-3-5-8-23/h3-20,35H,21H2,1-2H3. The third kappa shape index (κ3) is 6.07. The number of aryl methyl sites for hydroxylation is 1. The number of nitrogens with zero attached hydrogens (tertiary/aromatic N) is 3. The summed E-state index contributed by atoms with van der Waals surface area (Å²) in [5.74, 6) is 0.140. The molecule has 0 aliphatic carbocycles. The molecule has 1 N–H and O–H groups in total. The van der Waals surface area contributed by atoms with Gasteiger partial charge in [0.15, 0.2) is 11.4 Å². The van der Waals surface area contributed by atoms with E-state index in [-0.39, 0.29) is 17.3 Å². The first kappa shape index (κ1) is 26.4. The van der Waals surface area contributed by atoms with Crippen LogP contribution in [-0.2, 0) is 6.54 Å². The molecule has 0 saturated carbocycles. The van der Waals surface area contributed by atoms with Crippen LogP contribution in [0.2, 0.25) is 0 Å². The minimum atomic E-state index is -0.505. The molecule has 1 aromatic heterocycles. The molecule has 1 amide bonds. The Bertz CT molecular complexity index is 1690. The predicted octanol–water partition coefficient (Wildman–Crippen LogP) is 6.49. The second-order valence-electron chi connectivity index (χ2n) is 9.34. The zero-order valence-corrected chi connectivity index (χ0v) is 22.0. The van der Waals surface area contributed by atoms with Gasteiger partial charge in [-0.15, -0.1) is 0 Å². The molecule has 200 valence electrons. The van der Waals surface area contributed by atoms with Crippen LogP contribution in [0.5, 0.6) is 11.5 Å². The number of nitrogens with one attached hydrogen (secondary N) is 1. The fraction of sp³-hybridized carbons (Fsp3) is 0.0938.